The van der Waals surface area contributed by atoms with Crippen molar-refractivity contribution in [3.8, 4) is 11.5 Å². The zero-order chi connectivity index (χ0) is 22.3. The first-order chi connectivity index (χ1) is 15.6. The maximum absolute atomic E-state index is 12.4. The number of benzene rings is 2. The molecule has 4 rings (SSSR count). The second-order valence-corrected chi connectivity index (χ2v) is 8.20. The lowest BCUT2D eigenvalue weighted by Gasteiger charge is -2.21. The second-order valence-electron chi connectivity index (χ2n) is 8.20. The first-order valence-electron chi connectivity index (χ1n) is 11.0. The Hall–Kier alpha value is -3.32. The zero-order valence-corrected chi connectivity index (χ0v) is 18.7. The molecule has 1 aliphatic heterocycles. The van der Waals surface area contributed by atoms with Crippen molar-refractivity contribution >= 4 is 5.91 Å². The molecule has 1 aliphatic rings. The van der Waals surface area contributed by atoms with Gasteiger partial charge in [0, 0.05) is 56.0 Å². The Balaban J connectivity index is 1.25. The lowest BCUT2D eigenvalue weighted by Crippen LogP contribution is -2.34. The van der Waals surface area contributed by atoms with Crippen molar-refractivity contribution in [1.82, 2.24) is 20.0 Å². The molecule has 0 fully saturated rings. The summed E-state index contributed by atoms with van der Waals surface area (Å²) in [5, 5.41) is 7.41. The average molecular weight is 435 g/mol. The molecule has 1 N–H and O–H groups in total. The van der Waals surface area contributed by atoms with Crippen LogP contribution in [0.15, 0.2) is 60.9 Å². The Morgan fingerprint density at radius 2 is 2.06 bits per heavy atom. The number of fused-ring (bicyclic) bond motifs is 1. The minimum Gasteiger partial charge on any atom is -0.497 e. The molecule has 2 aromatic carbocycles. The van der Waals surface area contributed by atoms with Crippen molar-refractivity contribution in [2.45, 2.75) is 39.1 Å². The highest BCUT2D eigenvalue weighted by atomic mass is 16.5. The van der Waals surface area contributed by atoms with E-state index in [4.69, 9.17) is 9.47 Å². The van der Waals surface area contributed by atoms with Gasteiger partial charge in [-0.15, -0.1) is 0 Å². The van der Waals surface area contributed by atoms with Crippen LogP contribution in [0.4, 0.5) is 0 Å². The summed E-state index contributed by atoms with van der Waals surface area (Å²) in [6.07, 6.45) is 4.27. The SMILES string of the molecule is COc1ccc2c(c1)OC(C)CN(CCC(=O)NCc1cnn(Cc3ccccc3)c1)C2. The largest absolute Gasteiger partial charge is 0.497 e. The van der Waals surface area contributed by atoms with Gasteiger partial charge in [-0.1, -0.05) is 36.4 Å². The van der Waals surface area contributed by atoms with Gasteiger partial charge >= 0.3 is 0 Å². The third-order valence-corrected chi connectivity index (χ3v) is 5.53. The third kappa shape index (κ3) is 5.88. The average Bonchev–Trinajstić information content (AvgIpc) is 3.17. The summed E-state index contributed by atoms with van der Waals surface area (Å²) in [4.78, 5) is 14.7. The van der Waals surface area contributed by atoms with Gasteiger partial charge in [-0.25, -0.2) is 0 Å². The molecule has 1 aromatic heterocycles. The zero-order valence-electron chi connectivity index (χ0n) is 18.7. The lowest BCUT2D eigenvalue weighted by atomic mass is 10.1. The molecule has 32 heavy (non-hydrogen) atoms. The molecule has 0 radical (unpaired) electrons. The van der Waals surface area contributed by atoms with Crippen molar-refractivity contribution in [3.05, 3.63) is 77.6 Å². The first kappa shape index (κ1) is 21.9. The van der Waals surface area contributed by atoms with Crippen molar-refractivity contribution in [2.75, 3.05) is 20.2 Å². The number of carbonyl (C=O) groups excluding carboxylic acids is 1. The standard InChI is InChI=1S/C25H30N4O3/c1-19-15-28(18-22-8-9-23(31-2)12-24(22)32-19)11-10-25(30)26-13-21-14-27-29(17-21)16-20-6-4-3-5-7-20/h3-9,12,14,17,19H,10-11,13,15-16,18H2,1-2H3,(H,26,30). The third-order valence-electron chi connectivity index (χ3n) is 5.53. The van der Waals surface area contributed by atoms with Crippen molar-refractivity contribution in [3.63, 3.8) is 0 Å². The number of rotatable bonds is 8. The second kappa shape index (κ2) is 10.3. The molecule has 0 saturated heterocycles. The molecule has 3 aromatic rings. The van der Waals surface area contributed by atoms with Crippen LogP contribution >= 0.6 is 0 Å². The number of methoxy groups -OCH3 is 1. The molecule has 0 bridgehead atoms. The Bertz CT molecular complexity index is 1030. The van der Waals surface area contributed by atoms with Crippen LogP contribution in [-0.2, 0) is 24.4 Å². The van der Waals surface area contributed by atoms with Gasteiger partial charge in [-0.3, -0.25) is 14.4 Å². The van der Waals surface area contributed by atoms with Crippen LogP contribution in [0.5, 0.6) is 11.5 Å². The van der Waals surface area contributed by atoms with Crippen molar-refractivity contribution in [1.29, 1.82) is 0 Å². The van der Waals surface area contributed by atoms with Gasteiger partial charge in [0.1, 0.15) is 17.6 Å². The van der Waals surface area contributed by atoms with E-state index in [0.717, 1.165) is 42.3 Å². The normalized spacial score (nSPS) is 16.0. The van der Waals surface area contributed by atoms with Crippen LogP contribution in [0.2, 0.25) is 0 Å². The number of hydrogen-bond donors (Lipinski definition) is 1. The highest BCUT2D eigenvalue weighted by Gasteiger charge is 2.21. The van der Waals surface area contributed by atoms with Gasteiger partial charge in [-0.05, 0) is 18.6 Å². The molecule has 168 valence electrons. The van der Waals surface area contributed by atoms with E-state index in [0.29, 0.717) is 19.5 Å². The van der Waals surface area contributed by atoms with Crippen LogP contribution in [0, 0.1) is 0 Å². The number of amides is 1. The molecule has 1 atom stereocenters. The fourth-order valence-electron chi connectivity index (χ4n) is 3.90. The molecular formula is C25H30N4O3. The Kier molecular flexibility index (Phi) is 7.07. The van der Waals surface area contributed by atoms with E-state index in [-0.39, 0.29) is 12.0 Å². The van der Waals surface area contributed by atoms with Gasteiger partial charge in [-0.2, -0.15) is 5.10 Å². The minimum absolute atomic E-state index is 0.0357. The van der Waals surface area contributed by atoms with E-state index in [1.807, 2.05) is 53.5 Å². The molecule has 1 unspecified atom stereocenters. The fourth-order valence-corrected chi connectivity index (χ4v) is 3.90. The summed E-state index contributed by atoms with van der Waals surface area (Å²) in [5.41, 5.74) is 3.30. The van der Waals surface area contributed by atoms with Crippen LogP contribution in [0.25, 0.3) is 0 Å². The summed E-state index contributed by atoms with van der Waals surface area (Å²) >= 11 is 0. The number of carbonyl (C=O) groups is 1. The Labute approximate surface area is 188 Å². The summed E-state index contributed by atoms with van der Waals surface area (Å²) in [6.45, 7) is 5.46. The van der Waals surface area contributed by atoms with E-state index < -0.39 is 0 Å². The molecule has 1 amide bonds. The topological polar surface area (TPSA) is 68.6 Å². The van der Waals surface area contributed by atoms with Crippen LogP contribution in [0.1, 0.15) is 30.0 Å². The highest BCUT2D eigenvalue weighted by Crippen LogP contribution is 2.29. The number of nitrogens with zero attached hydrogens (tertiary/aromatic N) is 3. The molecule has 7 nitrogen and oxygen atoms in total. The number of aromatic nitrogens is 2. The van der Waals surface area contributed by atoms with E-state index in [2.05, 4.69) is 34.4 Å². The summed E-state index contributed by atoms with van der Waals surface area (Å²) in [7, 11) is 1.65. The Morgan fingerprint density at radius 3 is 2.88 bits per heavy atom. The van der Waals surface area contributed by atoms with Crippen molar-refractivity contribution < 1.29 is 14.3 Å². The van der Waals surface area contributed by atoms with Gasteiger partial charge in [0.25, 0.3) is 0 Å². The summed E-state index contributed by atoms with van der Waals surface area (Å²) < 4.78 is 13.2. The fraction of sp³-hybridized carbons (Fsp3) is 0.360. The van der Waals surface area contributed by atoms with Crippen molar-refractivity contribution in [2.24, 2.45) is 0 Å². The predicted octanol–water partition coefficient (Wildman–Crippen LogP) is 3.23. The van der Waals surface area contributed by atoms with Gasteiger partial charge in [0.2, 0.25) is 5.91 Å². The molecule has 0 aliphatic carbocycles. The van der Waals surface area contributed by atoms with Crippen LogP contribution < -0.4 is 14.8 Å². The number of ether oxygens (including phenoxy) is 2. The van der Waals surface area contributed by atoms with E-state index in [1.165, 1.54) is 5.56 Å². The predicted molar refractivity (Wildman–Crippen MR) is 123 cm³/mol. The monoisotopic (exact) mass is 434 g/mol. The van der Waals surface area contributed by atoms with Gasteiger partial charge < -0.3 is 14.8 Å². The minimum atomic E-state index is 0.0357. The Morgan fingerprint density at radius 1 is 1.22 bits per heavy atom. The van der Waals surface area contributed by atoms with Gasteiger partial charge in [0.05, 0.1) is 19.9 Å². The maximum atomic E-state index is 12.4. The maximum Gasteiger partial charge on any atom is 0.221 e. The summed E-state index contributed by atoms with van der Waals surface area (Å²) in [5.74, 6) is 1.68. The molecule has 0 spiro atoms. The van der Waals surface area contributed by atoms with Crippen LogP contribution in [0.3, 0.4) is 0 Å². The summed E-state index contributed by atoms with van der Waals surface area (Å²) in [6, 6.07) is 16.1. The highest BCUT2D eigenvalue weighted by molar-refractivity contribution is 5.76. The molecule has 7 heteroatoms. The molecule has 2 heterocycles. The lowest BCUT2D eigenvalue weighted by molar-refractivity contribution is -0.121. The van der Waals surface area contributed by atoms with E-state index in [1.54, 1.807) is 7.11 Å². The van der Waals surface area contributed by atoms with E-state index in [9.17, 15) is 4.79 Å². The number of hydrogen-bond acceptors (Lipinski definition) is 5. The van der Waals surface area contributed by atoms with Crippen LogP contribution in [-0.4, -0.2) is 46.9 Å². The van der Waals surface area contributed by atoms with E-state index >= 15 is 0 Å². The molecule has 0 saturated carbocycles. The molecular weight excluding hydrogens is 404 g/mol. The smallest absolute Gasteiger partial charge is 0.221 e. The van der Waals surface area contributed by atoms with Gasteiger partial charge in [0.15, 0.2) is 0 Å². The number of nitrogens with one attached hydrogen (secondary N) is 1. The quantitative estimate of drug-likeness (QED) is 0.590. The first-order valence-corrected chi connectivity index (χ1v) is 11.0.